The predicted molar refractivity (Wildman–Crippen MR) is 93.8 cm³/mol. The number of aryl methyl sites for hydroxylation is 1. The molecule has 1 heterocycles. The zero-order valence-electron chi connectivity index (χ0n) is 12.8. The summed E-state index contributed by atoms with van der Waals surface area (Å²) in [4.78, 5) is 4.09. The number of hydrogen-bond acceptors (Lipinski definition) is 2. The molecule has 3 aromatic rings. The summed E-state index contributed by atoms with van der Waals surface area (Å²) in [5.74, 6) is -1.17. The number of nitrogens with zero attached hydrogens (tertiary/aromatic N) is 2. The molecule has 0 aliphatic carbocycles. The van der Waals surface area contributed by atoms with Crippen molar-refractivity contribution >= 4 is 34.8 Å². The van der Waals surface area contributed by atoms with Crippen LogP contribution in [0.3, 0.4) is 0 Å². The number of para-hydroxylation sites is 1. The van der Waals surface area contributed by atoms with Gasteiger partial charge in [-0.25, -0.2) is 13.8 Å². The summed E-state index contributed by atoms with van der Waals surface area (Å²) >= 11 is 18.3. The van der Waals surface area contributed by atoms with Crippen molar-refractivity contribution in [2.75, 3.05) is 0 Å². The van der Waals surface area contributed by atoms with Gasteiger partial charge in [-0.2, -0.15) is 0 Å². The zero-order valence-corrected chi connectivity index (χ0v) is 15.0. The summed E-state index contributed by atoms with van der Waals surface area (Å²) in [7, 11) is 0. The van der Waals surface area contributed by atoms with E-state index in [1.54, 1.807) is 6.92 Å². The summed E-state index contributed by atoms with van der Waals surface area (Å²) in [5, 5.41) is 10.8. The Bertz CT molecular complexity index is 939. The third-order valence-corrected chi connectivity index (χ3v) is 4.62. The number of aromatic nitrogens is 2. The highest BCUT2D eigenvalue weighted by atomic mass is 35.5. The standard InChI is InChI=1S/C17H11Cl3F2N2O/c1-8-14(16(25)10-6-5-9(21)7-12(10)19)24(17(20)23-8)15-11(18)3-2-4-13(15)22/h2-7,16,25H,1H3. The average molecular weight is 404 g/mol. The fourth-order valence-corrected chi connectivity index (χ4v) is 3.43. The van der Waals surface area contributed by atoms with Crippen molar-refractivity contribution in [3.05, 3.63) is 80.3 Å². The van der Waals surface area contributed by atoms with Gasteiger partial charge in [-0.15, -0.1) is 0 Å². The molecule has 3 nitrogen and oxygen atoms in total. The van der Waals surface area contributed by atoms with Crippen LogP contribution in [0, 0.1) is 18.6 Å². The molecule has 0 fully saturated rings. The van der Waals surface area contributed by atoms with E-state index in [1.807, 2.05) is 0 Å². The molecule has 1 unspecified atom stereocenters. The highest BCUT2D eigenvalue weighted by molar-refractivity contribution is 6.33. The molecule has 2 aromatic carbocycles. The second kappa shape index (κ2) is 6.92. The van der Waals surface area contributed by atoms with Crippen LogP contribution in [-0.4, -0.2) is 14.7 Å². The molecular weight excluding hydrogens is 393 g/mol. The number of halogens is 5. The lowest BCUT2D eigenvalue weighted by atomic mass is 10.0. The van der Waals surface area contributed by atoms with Crippen molar-refractivity contribution in [2.45, 2.75) is 13.0 Å². The molecule has 0 aliphatic heterocycles. The highest BCUT2D eigenvalue weighted by Gasteiger charge is 2.26. The van der Waals surface area contributed by atoms with Gasteiger partial charge >= 0.3 is 0 Å². The quantitative estimate of drug-likeness (QED) is 0.627. The van der Waals surface area contributed by atoms with Gasteiger partial charge in [0.15, 0.2) is 0 Å². The maximum absolute atomic E-state index is 14.4. The van der Waals surface area contributed by atoms with E-state index in [4.69, 9.17) is 34.8 Å². The monoisotopic (exact) mass is 402 g/mol. The normalized spacial score (nSPS) is 12.4. The average Bonchev–Trinajstić information content (AvgIpc) is 2.81. The van der Waals surface area contributed by atoms with E-state index in [2.05, 4.69) is 4.98 Å². The lowest BCUT2D eigenvalue weighted by Crippen LogP contribution is -2.11. The largest absolute Gasteiger partial charge is 0.382 e. The molecule has 1 aromatic heterocycles. The van der Waals surface area contributed by atoms with E-state index in [0.29, 0.717) is 5.69 Å². The molecule has 0 saturated heterocycles. The van der Waals surface area contributed by atoms with E-state index in [1.165, 1.54) is 28.8 Å². The van der Waals surface area contributed by atoms with Crippen LogP contribution in [0.15, 0.2) is 36.4 Å². The van der Waals surface area contributed by atoms with Crippen molar-refractivity contribution in [3.8, 4) is 5.69 Å². The summed E-state index contributed by atoms with van der Waals surface area (Å²) in [6.07, 6.45) is -1.32. The van der Waals surface area contributed by atoms with Crippen LogP contribution in [0.2, 0.25) is 15.3 Å². The van der Waals surface area contributed by atoms with Gasteiger partial charge in [0.2, 0.25) is 5.28 Å². The SMILES string of the molecule is Cc1nc(Cl)n(-c2c(F)cccc2Cl)c1C(O)c1ccc(F)cc1Cl. The predicted octanol–water partition coefficient (Wildman–Crippen LogP) is 5.50. The Labute approximate surface area is 157 Å². The van der Waals surface area contributed by atoms with Crippen LogP contribution in [0.1, 0.15) is 23.1 Å². The van der Waals surface area contributed by atoms with Crippen LogP contribution in [-0.2, 0) is 0 Å². The first-order valence-corrected chi connectivity index (χ1v) is 8.26. The molecule has 0 amide bonds. The summed E-state index contributed by atoms with van der Waals surface area (Å²) in [6, 6.07) is 7.74. The number of aliphatic hydroxyl groups excluding tert-OH is 1. The number of aliphatic hydroxyl groups is 1. The summed E-state index contributed by atoms with van der Waals surface area (Å²) in [5.41, 5.74) is 0.737. The van der Waals surface area contributed by atoms with Gasteiger partial charge in [0.1, 0.15) is 23.4 Å². The molecule has 25 heavy (non-hydrogen) atoms. The Morgan fingerprint density at radius 2 is 1.80 bits per heavy atom. The fourth-order valence-electron chi connectivity index (χ4n) is 2.61. The van der Waals surface area contributed by atoms with Crippen molar-refractivity contribution in [3.63, 3.8) is 0 Å². The number of benzene rings is 2. The van der Waals surface area contributed by atoms with E-state index < -0.39 is 17.7 Å². The number of rotatable bonds is 3. The molecule has 8 heteroatoms. The Kier molecular flexibility index (Phi) is 5.02. The fraction of sp³-hybridized carbons (Fsp3) is 0.118. The van der Waals surface area contributed by atoms with Crippen molar-refractivity contribution in [1.29, 1.82) is 0 Å². The third kappa shape index (κ3) is 3.25. The van der Waals surface area contributed by atoms with E-state index in [0.717, 1.165) is 12.1 Å². The first-order valence-electron chi connectivity index (χ1n) is 7.13. The third-order valence-electron chi connectivity index (χ3n) is 3.73. The Morgan fingerprint density at radius 1 is 1.08 bits per heavy atom. The molecular formula is C17H11Cl3F2N2O. The van der Waals surface area contributed by atoms with Crippen molar-refractivity contribution in [1.82, 2.24) is 9.55 Å². The second-order valence-electron chi connectivity index (χ2n) is 5.33. The topological polar surface area (TPSA) is 38.0 Å². The Balaban J connectivity index is 2.24. The van der Waals surface area contributed by atoms with Crippen LogP contribution >= 0.6 is 34.8 Å². The lowest BCUT2D eigenvalue weighted by molar-refractivity contribution is 0.212. The van der Waals surface area contributed by atoms with Crippen LogP contribution in [0.4, 0.5) is 8.78 Å². The minimum atomic E-state index is -1.32. The minimum absolute atomic E-state index is 0.0235. The van der Waals surface area contributed by atoms with Gasteiger partial charge in [0.25, 0.3) is 0 Å². The van der Waals surface area contributed by atoms with Gasteiger partial charge in [0.05, 0.1) is 16.4 Å². The maximum Gasteiger partial charge on any atom is 0.208 e. The van der Waals surface area contributed by atoms with Crippen LogP contribution < -0.4 is 0 Å². The Morgan fingerprint density at radius 3 is 2.44 bits per heavy atom. The van der Waals surface area contributed by atoms with Crippen molar-refractivity contribution in [2.24, 2.45) is 0 Å². The second-order valence-corrected chi connectivity index (χ2v) is 6.48. The molecule has 0 bridgehead atoms. The zero-order chi connectivity index (χ0) is 18.3. The van der Waals surface area contributed by atoms with E-state index in [9.17, 15) is 13.9 Å². The van der Waals surface area contributed by atoms with Gasteiger partial charge in [-0.3, -0.25) is 4.57 Å². The molecule has 0 radical (unpaired) electrons. The summed E-state index contributed by atoms with van der Waals surface area (Å²) < 4.78 is 28.9. The van der Waals surface area contributed by atoms with Crippen LogP contribution in [0.25, 0.3) is 5.69 Å². The molecule has 0 saturated carbocycles. The highest BCUT2D eigenvalue weighted by Crippen LogP contribution is 2.36. The Hall–Kier alpha value is -1.66. The van der Waals surface area contributed by atoms with E-state index in [-0.39, 0.29) is 32.3 Å². The van der Waals surface area contributed by atoms with Gasteiger partial charge in [0, 0.05) is 10.6 Å². The number of imidazole rings is 1. The molecule has 0 aliphatic rings. The van der Waals surface area contributed by atoms with E-state index >= 15 is 0 Å². The number of hydrogen-bond donors (Lipinski definition) is 1. The maximum atomic E-state index is 14.4. The molecule has 3 rings (SSSR count). The van der Waals surface area contributed by atoms with Gasteiger partial charge in [-0.1, -0.05) is 35.3 Å². The smallest absolute Gasteiger partial charge is 0.208 e. The van der Waals surface area contributed by atoms with Gasteiger partial charge < -0.3 is 5.11 Å². The molecule has 1 N–H and O–H groups in total. The first-order chi connectivity index (χ1) is 11.8. The summed E-state index contributed by atoms with van der Waals surface area (Å²) in [6.45, 7) is 1.60. The minimum Gasteiger partial charge on any atom is -0.382 e. The van der Waals surface area contributed by atoms with Crippen LogP contribution in [0.5, 0.6) is 0 Å². The first kappa shape index (κ1) is 18.1. The van der Waals surface area contributed by atoms with Crippen molar-refractivity contribution < 1.29 is 13.9 Å². The van der Waals surface area contributed by atoms with Gasteiger partial charge in [-0.05, 0) is 42.8 Å². The molecule has 1 atom stereocenters. The lowest BCUT2D eigenvalue weighted by Gasteiger charge is -2.18. The molecule has 0 spiro atoms. The molecule has 130 valence electrons.